The number of hydrogen-bond donors (Lipinski definition) is 2. The van der Waals surface area contributed by atoms with E-state index in [1.165, 1.54) is 34.6 Å². The highest BCUT2D eigenvalue weighted by Gasteiger charge is 2.02. The quantitative estimate of drug-likeness (QED) is 0.184. The van der Waals surface area contributed by atoms with E-state index in [9.17, 15) is 0 Å². The fraction of sp³-hybridized carbons (Fsp3) is 0.588. The lowest BCUT2D eigenvalue weighted by Crippen LogP contribution is -2.37. The van der Waals surface area contributed by atoms with Crippen LogP contribution in [-0.4, -0.2) is 37.3 Å². The van der Waals surface area contributed by atoms with Crippen molar-refractivity contribution in [2.45, 2.75) is 38.1 Å². The highest BCUT2D eigenvalue weighted by Crippen LogP contribution is 2.22. The number of aryl methyl sites for hydroxylation is 1. The monoisotopic (exact) mass is 467 g/mol. The van der Waals surface area contributed by atoms with Crippen molar-refractivity contribution in [3.8, 4) is 0 Å². The molecule has 0 aliphatic rings. The van der Waals surface area contributed by atoms with Crippen molar-refractivity contribution in [1.82, 2.24) is 10.6 Å². The first-order valence-corrected chi connectivity index (χ1v) is 10.5. The van der Waals surface area contributed by atoms with Gasteiger partial charge in [-0.15, -0.1) is 35.7 Å². The third kappa shape index (κ3) is 9.72. The van der Waals surface area contributed by atoms with Crippen LogP contribution in [0, 0.1) is 6.92 Å². The molecule has 0 amide bonds. The van der Waals surface area contributed by atoms with Crippen LogP contribution >= 0.6 is 47.5 Å². The van der Waals surface area contributed by atoms with Crippen LogP contribution < -0.4 is 10.6 Å². The number of nitrogens with one attached hydrogen (secondary N) is 2. The van der Waals surface area contributed by atoms with E-state index in [0.29, 0.717) is 0 Å². The Morgan fingerprint density at radius 1 is 1.17 bits per heavy atom. The van der Waals surface area contributed by atoms with Gasteiger partial charge in [-0.1, -0.05) is 12.1 Å². The van der Waals surface area contributed by atoms with E-state index < -0.39 is 0 Å². The Bertz CT molecular complexity index is 467. The molecular formula is C17H30IN3S2. The average Bonchev–Trinajstić information content (AvgIpc) is 2.53. The van der Waals surface area contributed by atoms with Crippen molar-refractivity contribution >= 4 is 53.5 Å². The Balaban J connectivity index is 0.00000484. The lowest BCUT2D eigenvalue weighted by atomic mass is 10.1. The molecular weight excluding hydrogens is 437 g/mol. The van der Waals surface area contributed by atoms with Crippen LogP contribution in [0.2, 0.25) is 0 Å². The zero-order valence-corrected chi connectivity index (χ0v) is 18.6. The summed E-state index contributed by atoms with van der Waals surface area (Å²) in [6.45, 7) is 6.82. The van der Waals surface area contributed by atoms with Gasteiger partial charge in [0.05, 0.1) is 6.54 Å². The van der Waals surface area contributed by atoms with E-state index in [1.807, 2.05) is 11.8 Å². The average molecular weight is 467 g/mol. The number of guanidine groups is 1. The zero-order chi connectivity index (χ0) is 16.2. The molecule has 0 radical (unpaired) electrons. The molecule has 0 fully saturated rings. The maximum Gasteiger partial charge on any atom is 0.191 e. The van der Waals surface area contributed by atoms with E-state index in [-0.39, 0.29) is 24.0 Å². The highest BCUT2D eigenvalue weighted by molar-refractivity contribution is 14.0. The van der Waals surface area contributed by atoms with Gasteiger partial charge in [-0.25, -0.2) is 4.99 Å². The van der Waals surface area contributed by atoms with Crippen LogP contribution in [0.1, 0.15) is 30.9 Å². The summed E-state index contributed by atoms with van der Waals surface area (Å²) in [4.78, 5) is 6.03. The van der Waals surface area contributed by atoms with Crippen molar-refractivity contribution in [2.75, 3.05) is 31.4 Å². The molecule has 132 valence electrons. The molecule has 0 atom stereocenters. The summed E-state index contributed by atoms with van der Waals surface area (Å²) in [6.07, 6.45) is 6.72. The lowest BCUT2D eigenvalue weighted by Gasteiger charge is -2.12. The van der Waals surface area contributed by atoms with Gasteiger partial charge in [0.25, 0.3) is 0 Å². The minimum absolute atomic E-state index is 0. The van der Waals surface area contributed by atoms with Gasteiger partial charge in [0.2, 0.25) is 0 Å². The number of rotatable bonds is 9. The van der Waals surface area contributed by atoms with Gasteiger partial charge >= 0.3 is 0 Å². The number of nitrogens with zero attached hydrogens (tertiary/aromatic N) is 1. The predicted molar refractivity (Wildman–Crippen MR) is 119 cm³/mol. The molecule has 0 aliphatic carbocycles. The fourth-order valence-electron chi connectivity index (χ4n) is 2.07. The van der Waals surface area contributed by atoms with Gasteiger partial charge in [-0.2, -0.15) is 11.8 Å². The van der Waals surface area contributed by atoms with Crippen LogP contribution in [0.25, 0.3) is 0 Å². The van der Waals surface area contributed by atoms with Gasteiger partial charge in [0, 0.05) is 18.0 Å². The second kappa shape index (κ2) is 14.3. The highest BCUT2D eigenvalue weighted by atomic mass is 127. The Labute approximate surface area is 167 Å². The summed E-state index contributed by atoms with van der Waals surface area (Å²) in [5, 5.41) is 6.74. The summed E-state index contributed by atoms with van der Waals surface area (Å²) in [7, 11) is 0. The van der Waals surface area contributed by atoms with Crippen molar-refractivity contribution < 1.29 is 0 Å². The molecule has 0 bridgehead atoms. The Kier molecular flexibility index (Phi) is 14.2. The fourth-order valence-corrected chi connectivity index (χ4v) is 3.26. The second-order valence-corrected chi connectivity index (χ2v) is 6.97. The molecule has 2 N–H and O–H groups in total. The second-order valence-electron chi connectivity index (χ2n) is 5.14. The van der Waals surface area contributed by atoms with Crippen LogP contribution in [-0.2, 0) is 6.54 Å². The lowest BCUT2D eigenvalue weighted by molar-refractivity contribution is 0.734. The van der Waals surface area contributed by atoms with Gasteiger partial charge in [0.1, 0.15) is 0 Å². The topological polar surface area (TPSA) is 36.4 Å². The standard InChI is InChI=1S/C17H29N3S2.HI/c1-5-18-17(19-10-6-7-11-21-3)20-13-15-9-8-14(2)12-16(15)22-4;/h8-9,12H,5-7,10-11,13H2,1-4H3,(H2,18,19,20);1H. The summed E-state index contributed by atoms with van der Waals surface area (Å²) < 4.78 is 0. The minimum Gasteiger partial charge on any atom is -0.357 e. The Morgan fingerprint density at radius 3 is 2.61 bits per heavy atom. The molecule has 1 rings (SSSR count). The van der Waals surface area contributed by atoms with Crippen molar-refractivity contribution in [3.63, 3.8) is 0 Å². The number of halogens is 1. The molecule has 1 aromatic rings. The van der Waals surface area contributed by atoms with Gasteiger partial charge in [-0.3, -0.25) is 0 Å². The maximum absolute atomic E-state index is 4.72. The van der Waals surface area contributed by atoms with Crippen molar-refractivity contribution in [2.24, 2.45) is 4.99 Å². The van der Waals surface area contributed by atoms with Gasteiger partial charge in [0.15, 0.2) is 5.96 Å². The summed E-state index contributed by atoms with van der Waals surface area (Å²) >= 11 is 3.70. The third-order valence-electron chi connectivity index (χ3n) is 3.26. The number of aliphatic imine (C=N–C) groups is 1. The first-order valence-electron chi connectivity index (χ1n) is 7.85. The number of hydrogen-bond acceptors (Lipinski definition) is 3. The first kappa shape index (κ1) is 22.9. The van der Waals surface area contributed by atoms with Gasteiger partial charge in [-0.05, 0) is 62.1 Å². The molecule has 23 heavy (non-hydrogen) atoms. The van der Waals surface area contributed by atoms with E-state index in [1.54, 1.807) is 11.8 Å². The SMILES string of the molecule is CCNC(=NCc1ccc(C)cc1SC)NCCCCSC.I. The number of benzene rings is 1. The Morgan fingerprint density at radius 2 is 1.96 bits per heavy atom. The first-order chi connectivity index (χ1) is 10.7. The van der Waals surface area contributed by atoms with Gasteiger partial charge < -0.3 is 10.6 Å². The molecule has 3 nitrogen and oxygen atoms in total. The van der Waals surface area contributed by atoms with E-state index in [2.05, 4.69) is 55.2 Å². The molecule has 0 aromatic heterocycles. The van der Waals surface area contributed by atoms with E-state index >= 15 is 0 Å². The van der Waals surface area contributed by atoms with Crippen LogP contribution in [0.5, 0.6) is 0 Å². The zero-order valence-electron chi connectivity index (χ0n) is 14.6. The van der Waals surface area contributed by atoms with Crippen LogP contribution in [0.3, 0.4) is 0 Å². The number of unbranched alkanes of at least 4 members (excludes halogenated alkanes) is 1. The van der Waals surface area contributed by atoms with Crippen molar-refractivity contribution in [1.29, 1.82) is 0 Å². The molecule has 0 saturated heterocycles. The molecule has 0 heterocycles. The smallest absolute Gasteiger partial charge is 0.191 e. The summed E-state index contributed by atoms with van der Waals surface area (Å²) in [5.74, 6) is 2.15. The summed E-state index contributed by atoms with van der Waals surface area (Å²) in [6, 6.07) is 6.58. The molecule has 0 spiro atoms. The molecule has 0 aliphatic heterocycles. The van der Waals surface area contributed by atoms with Crippen LogP contribution in [0.4, 0.5) is 0 Å². The maximum atomic E-state index is 4.72. The number of thioether (sulfide) groups is 2. The predicted octanol–water partition coefficient (Wildman–Crippen LogP) is 4.53. The molecule has 0 unspecified atom stereocenters. The van der Waals surface area contributed by atoms with E-state index in [0.717, 1.165) is 25.6 Å². The van der Waals surface area contributed by atoms with Crippen molar-refractivity contribution in [3.05, 3.63) is 29.3 Å². The largest absolute Gasteiger partial charge is 0.357 e. The minimum atomic E-state index is 0. The normalized spacial score (nSPS) is 11.0. The molecule has 1 aromatic carbocycles. The Hall–Kier alpha value is -0.0800. The molecule has 6 heteroatoms. The molecule has 0 saturated carbocycles. The van der Waals surface area contributed by atoms with Crippen LogP contribution in [0.15, 0.2) is 28.1 Å². The van der Waals surface area contributed by atoms with E-state index in [4.69, 9.17) is 4.99 Å². The third-order valence-corrected chi connectivity index (χ3v) is 4.78. The summed E-state index contributed by atoms with van der Waals surface area (Å²) in [5.41, 5.74) is 2.59.